The maximum absolute atomic E-state index is 13.7. The monoisotopic (exact) mass is 529 g/mol. The number of esters is 1. The van der Waals surface area contributed by atoms with Gasteiger partial charge in [0.2, 0.25) is 8.32 Å². The van der Waals surface area contributed by atoms with Crippen LogP contribution in [0.5, 0.6) is 0 Å². The minimum atomic E-state index is -2.23. The van der Waals surface area contributed by atoms with Crippen molar-refractivity contribution in [2.24, 2.45) is 11.8 Å². The quantitative estimate of drug-likeness (QED) is 0.245. The topological polar surface area (TPSA) is 65.1 Å². The molecule has 3 rings (SSSR count). The number of piperidine rings is 1. The van der Waals surface area contributed by atoms with Crippen molar-refractivity contribution >= 4 is 20.4 Å². The van der Waals surface area contributed by atoms with E-state index in [1.165, 1.54) is 0 Å². The summed E-state index contributed by atoms with van der Waals surface area (Å²) in [5, 5.41) is 0. The molecule has 1 amide bonds. The molecule has 7 heteroatoms. The van der Waals surface area contributed by atoms with Gasteiger partial charge in [0.1, 0.15) is 6.61 Å². The lowest BCUT2D eigenvalue weighted by atomic mass is 9.74. The molecular formula is C30H47NO5Si. The van der Waals surface area contributed by atoms with Crippen molar-refractivity contribution in [2.45, 2.75) is 110 Å². The van der Waals surface area contributed by atoms with Crippen LogP contribution in [0.2, 0.25) is 16.6 Å². The highest BCUT2D eigenvalue weighted by atomic mass is 28.4. The second-order valence-corrected chi connectivity index (χ2v) is 16.9. The molecule has 1 saturated heterocycles. The first-order valence-electron chi connectivity index (χ1n) is 14.1. The number of carbonyl (C=O) groups excluding carboxylic acids is 2. The Hall–Kier alpha value is -2.12. The van der Waals surface area contributed by atoms with E-state index in [4.69, 9.17) is 13.9 Å². The Labute approximate surface area is 224 Å². The molecule has 2 aliphatic rings. The van der Waals surface area contributed by atoms with Gasteiger partial charge in [-0.05, 0) is 55.3 Å². The van der Waals surface area contributed by atoms with Crippen molar-refractivity contribution < 1.29 is 23.5 Å². The molecular weight excluding hydrogens is 482 g/mol. The minimum Gasteiger partial charge on any atom is -0.466 e. The predicted molar refractivity (Wildman–Crippen MR) is 149 cm³/mol. The average molecular weight is 530 g/mol. The molecule has 206 valence electrons. The molecule has 0 aromatic heterocycles. The maximum Gasteiger partial charge on any atom is 0.414 e. The molecule has 4 atom stereocenters. The van der Waals surface area contributed by atoms with Crippen LogP contribution in [0.4, 0.5) is 4.79 Å². The number of fused-ring (bicyclic) bond motifs is 1. The van der Waals surface area contributed by atoms with Crippen LogP contribution in [0.25, 0.3) is 0 Å². The Morgan fingerprint density at radius 3 is 2.19 bits per heavy atom. The molecule has 0 radical (unpaired) electrons. The Morgan fingerprint density at radius 1 is 1.00 bits per heavy atom. The molecule has 37 heavy (non-hydrogen) atoms. The van der Waals surface area contributed by atoms with Gasteiger partial charge in [0.25, 0.3) is 0 Å². The number of likely N-dealkylation sites (tertiary alicyclic amines) is 1. The molecule has 0 N–H and O–H groups in total. The highest BCUT2D eigenvalue weighted by Crippen LogP contribution is 2.48. The predicted octanol–water partition coefficient (Wildman–Crippen LogP) is 7.45. The van der Waals surface area contributed by atoms with Crippen molar-refractivity contribution in [3.63, 3.8) is 0 Å². The van der Waals surface area contributed by atoms with Crippen LogP contribution in [0.15, 0.2) is 42.1 Å². The number of hydrogen-bond donors (Lipinski definition) is 0. The Bertz CT molecular complexity index is 923. The number of hydrogen-bond acceptors (Lipinski definition) is 5. The van der Waals surface area contributed by atoms with Crippen molar-refractivity contribution in [1.82, 2.24) is 4.90 Å². The number of nitrogens with zero attached hydrogens (tertiary/aromatic N) is 1. The van der Waals surface area contributed by atoms with E-state index in [0.29, 0.717) is 29.7 Å². The summed E-state index contributed by atoms with van der Waals surface area (Å²) in [6, 6.07) is 9.52. The molecule has 1 fully saturated rings. The zero-order valence-electron chi connectivity index (χ0n) is 24.0. The third kappa shape index (κ3) is 6.14. The Morgan fingerprint density at radius 2 is 1.62 bits per heavy atom. The Kier molecular flexibility index (Phi) is 10.0. The normalized spacial score (nSPS) is 24.2. The zero-order valence-corrected chi connectivity index (χ0v) is 25.0. The van der Waals surface area contributed by atoms with Gasteiger partial charge in [-0.2, -0.15) is 0 Å². The summed E-state index contributed by atoms with van der Waals surface area (Å²) < 4.78 is 18.6. The molecule has 1 aromatic rings. The van der Waals surface area contributed by atoms with Crippen LogP contribution in [0.1, 0.15) is 80.2 Å². The number of rotatable bonds is 9. The van der Waals surface area contributed by atoms with Crippen LogP contribution < -0.4 is 0 Å². The van der Waals surface area contributed by atoms with Crippen molar-refractivity contribution in [1.29, 1.82) is 0 Å². The first-order valence-corrected chi connectivity index (χ1v) is 16.2. The fraction of sp³-hybridized carbons (Fsp3) is 0.667. The van der Waals surface area contributed by atoms with Gasteiger partial charge in [-0.3, -0.25) is 9.69 Å². The highest BCUT2D eigenvalue weighted by Gasteiger charge is 2.52. The molecule has 1 aliphatic carbocycles. The van der Waals surface area contributed by atoms with Crippen molar-refractivity contribution in [3.05, 3.63) is 47.7 Å². The fourth-order valence-electron chi connectivity index (χ4n) is 6.79. The molecule has 0 spiro atoms. The van der Waals surface area contributed by atoms with E-state index in [-0.39, 0.29) is 42.7 Å². The Balaban J connectivity index is 1.97. The van der Waals surface area contributed by atoms with E-state index in [0.717, 1.165) is 24.1 Å². The van der Waals surface area contributed by atoms with E-state index >= 15 is 0 Å². The standard InChI is InChI=1S/C30H47NO5Si/c1-9-34-29(32)25-16-13-17-27-26(25)18-28(36-37(20(2)3,21(4)5)22(6)7)23(8)31(27)30(33)35-19-24-14-11-10-12-15-24/h10-12,14-15,17,20-23,25-26,28H,9,13,16,18-19H2,1-8H3/t23-,25-,26+,28+/m0/s1. The number of ether oxygens (including phenoxy) is 2. The van der Waals surface area contributed by atoms with Gasteiger partial charge in [0.15, 0.2) is 0 Å². The van der Waals surface area contributed by atoms with Gasteiger partial charge in [-0.1, -0.05) is 78.0 Å². The number of benzene rings is 1. The highest BCUT2D eigenvalue weighted by molar-refractivity contribution is 6.77. The van der Waals surface area contributed by atoms with Crippen molar-refractivity contribution in [2.75, 3.05) is 6.61 Å². The van der Waals surface area contributed by atoms with Crippen LogP contribution in [-0.4, -0.2) is 44.0 Å². The van der Waals surface area contributed by atoms with E-state index < -0.39 is 8.32 Å². The number of allylic oxidation sites excluding steroid dienone is 2. The summed E-state index contributed by atoms with van der Waals surface area (Å²) >= 11 is 0. The first kappa shape index (κ1) is 29.4. The summed E-state index contributed by atoms with van der Waals surface area (Å²) in [6.07, 6.45) is 3.73. The summed E-state index contributed by atoms with van der Waals surface area (Å²) in [4.78, 5) is 28.5. The maximum atomic E-state index is 13.7. The van der Waals surface area contributed by atoms with Crippen LogP contribution in [0, 0.1) is 11.8 Å². The molecule has 0 unspecified atom stereocenters. The SMILES string of the molecule is CCOC(=O)[C@H]1CCC=C2[C@@H]1C[C@@H](O[Si](C(C)C)(C(C)C)C(C)C)[C@H](C)N2C(=O)OCc1ccccc1. The average Bonchev–Trinajstić information content (AvgIpc) is 2.85. The van der Waals surface area contributed by atoms with E-state index in [1.807, 2.05) is 37.3 Å². The minimum absolute atomic E-state index is 0.128. The van der Waals surface area contributed by atoms with Gasteiger partial charge in [-0.25, -0.2) is 4.79 Å². The molecule has 0 saturated carbocycles. The first-order chi connectivity index (χ1) is 17.5. The van der Waals surface area contributed by atoms with Crippen molar-refractivity contribution in [3.8, 4) is 0 Å². The lowest BCUT2D eigenvalue weighted by molar-refractivity contribution is -0.151. The molecule has 1 heterocycles. The van der Waals surface area contributed by atoms with Crippen LogP contribution >= 0.6 is 0 Å². The third-order valence-electron chi connectivity index (χ3n) is 8.46. The van der Waals surface area contributed by atoms with Gasteiger partial charge in [0.05, 0.1) is 24.7 Å². The third-order valence-corrected chi connectivity index (χ3v) is 14.6. The summed E-state index contributed by atoms with van der Waals surface area (Å²) in [5.41, 5.74) is 3.09. The second kappa shape index (κ2) is 12.6. The molecule has 6 nitrogen and oxygen atoms in total. The van der Waals surface area contributed by atoms with Crippen LogP contribution in [0.3, 0.4) is 0 Å². The summed E-state index contributed by atoms with van der Waals surface area (Å²) in [5.74, 6) is -0.586. The summed E-state index contributed by atoms with van der Waals surface area (Å²) in [6.45, 7) is 18.1. The van der Waals surface area contributed by atoms with E-state index in [9.17, 15) is 9.59 Å². The van der Waals surface area contributed by atoms with Gasteiger partial charge in [0, 0.05) is 11.6 Å². The number of carbonyl (C=O) groups is 2. The molecule has 1 aromatic carbocycles. The molecule has 1 aliphatic heterocycles. The molecule has 0 bridgehead atoms. The van der Waals surface area contributed by atoms with Gasteiger partial charge < -0.3 is 13.9 Å². The van der Waals surface area contributed by atoms with Crippen LogP contribution in [-0.2, 0) is 25.3 Å². The lowest BCUT2D eigenvalue weighted by Crippen LogP contribution is -2.59. The van der Waals surface area contributed by atoms with Gasteiger partial charge >= 0.3 is 12.1 Å². The fourth-order valence-corrected chi connectivity index (χ4v) is 12.4. The zero-order chi connectivity index (χ0) is 27.3. The van der Waals surface area contributed by atoms with E-state index in [2.05, 4.69) is 54.5 Å². The van der Waals surface area contributed by atoms with Gasteiger partial charge in [-0.15, -0.1) is 0 Å². The second-order valence-electron chi connectivity index (χ2n) is 11.5. The summed E-state index contributed by atoms with van der Waals surface area (Å²) in [7, 11) is -2.23. The largest absolute Gasteiger partial charge is 0.466 e. The lowest BCUT2D eigenvalue weighted by Gasteiger charge is -2.52. The van der Waals surface area contributed by atoms with E-state index in [1.54, 1.807) is 4.90 Å². The number of amides is 1. The smallest absolute Gasteiger partial charge is 0.414 e.